The van der Waals surface area contributed by atoms with Gasteiger partial charge >= 0.3 is 0 Å². The third kappa shape index (κ3) is 3.95. The molecule has 1 N–H and O–H groups in total. The van der Waals surface area contributed by atoms with Crippen LogP contribution in [0.25, 0.3) is 0 Å². The number of ether oxygens (including phenoxy) is 2. The summed E-state index contributed by atoms with van der Waals surface area (Å²) >= 11 is 0. The molecule has 0 saturated carbocycles. The van der Waals surface area contributed by atoms with Gasteiger partial charge in [-0.3, -0.25) is 0 Å². The first-order valence-corrected chi connectivity index (χ1v) is 6.88. The summed E-state index contributed by atoms with van der Waals surface area (Å²) in [5.41, 5.74) is 1.14. The summed E-state index contributed by atoms with van der Waals surface area (Å²) in [5, 5.41) is 7.30. The number of hydrogen-bond donors (Lipinski definition) is 1. The van der Waals surface area contributed by atoms with Crippen LogP contribution in [0.1, 0.15) is 30.2 Å². The largest absolute Gasteiger partial charge is 0.493 e. The van der Waals surface area contributed by atoms with E-state index in [1.165, 1.54) is 0 Å². The molecule has 6 heteroatoms. The average Bonchev–Trinajstić information content (AvgIpc) is 2.91. The molecular formula is C15H21N3O3. The summed E-state index contributed by atoms with van der Waals surface area (Å²) in [6, 6.07) is 6.11. The zero-order valence-corrected chi connectivity index (χ0v) is 12.8. The molecule has 0 radical (unpaired) electrons. The van der Waals surface area contributed by atoms with E-state index in [0.717, 1.165) is 35.9 Å². The fraction of sp³-hybridized carbons (Fsp3) is 0.467. The number of methoxy groups -OCH3 is 2. The van der Waals surface area contributed by atoms with Crippen molar-refractivity contribution >= 4 is 0 Å². The van der Waals surface area contributed by atoms with Crippen molar-refractivity contribution in [3.05, 3.63) is 35.5 Å². The SMILES string of the molecule is COc1ccc(C(C)NCCc2noc(C)n2)cc1OC. The van der Waals surface area contributed by atoms with Crippen molar-refractivity contribution in [3.8, 4) is 11.5 Å². The van der Waals surface area contributed by atoms with Crippen LogP contribution in [-0.4, -0.2) is 30.9 Å². The Morgan fingerprint density at radius 2 is 2.00 bits per heavy atom. The summed E-state index contributed by atoms with van der Waals surface area (Å²) in [6.45, 7) is 4.66. The van der Waals surface area contributed by atoms with E-state index in [-0.39, 0.29) is 6.04 Å². The van der Waals surface area contributed by atoms with Crippen molar-refractivity contribution in [2.45, 2.75) is 26.3 Å². The van der Waals surface area contributed by atoms with Crippen LogP contribution in [0.5, 0.6) is 11.5 Å². The van der Waals surface area contributed by atoms with Gasteiger partial charge in [0.2, 0.25) is 5.89 Å². The number of aryl methyl sites for hydroxylation is 1. The molecule has 1 aromatic carbocycles. The van der Waals surface area contributed by atoms with E-state index < -0.39 is 0 Å². The van der Waals surface area contributed by atoms with Crippen molar-refractivity contribution in [1.82, 2.24) is 15.5 Å². The molecule has 0 saturated heterocycles. The van der Waals surface area contributed by atoms with Gasteiger partial charge in [0.25, 0.3) is 0 Å². The Morgan fingerprint density at radius 3 is 2.62 bits per heavy atom. The lowest BCUT2D eigenvalue weighted by Crippen LogP contribution is -2.21. The van der Waals surface area contributed by atoms with Crippen LogP contribution in [0, 0.1) is 6.92 Å². The molecule has 2 rings (SSSR count). The van der Waals surface area contributed by atoms with Crippen LogP contribution in [0.15, 0.2) is 22.7 Å². The molecule has 1 unspecified atom stereocenters. The molecule has 21 heavy (non-hydrogen) atoms. The summed E-state index contributed by atoms with van der Waals surface area (Å²) in [4.78, 5) is 4.18. The van der Waals surface area contributed by atoms with E-state index in [9.17, 15) is 0 Å². The quantitative estimate of drug-likeness (QED) is 0.844. The van der Waals surface area contributed by atoms with Crippen LogP contribution >= 0.6 is 0 Å². The highest BCUT2D eigenvalue weighted by molar-refractivity contribution is 5.43. The van der Waals surface area contributed by atoms with Crippen LogP contribution in [0.3, 0.4) is 0 Å². The zero-order chi connectivity index (χ0) is 15.2. The highest BCUT2D eigenvalue weighted by atomic mass is 16.5. The first kappa shape index (κ1) is 15.3. The lowest BCUT2D eigenvalue weighted by atomic mass is 10.1. The first-order chi connectivity index (χ1) is 10.1. The Balaban J connectivity index is 1.92. The topological polar surface area (TPSA) is 69.4 Å². The summed E-state index contributed by atoms with van der Waals surface area (Å²) < 4.78 is 15.5. The van der Waals surface area contributed by atoms with E-state index in [2.05, 4.69) is 22.4 Å². The average molecular weight is 291 g/mol. The maximum Gasteiger partial charge on any atom is 0.223 e. The summed E-state index contributed by atoms with van der Waals surface area (Å²) in [5.74, 6) is 2.78. The minimum Gasteiger partial charge on any atom is -0.493 e. The monoisotopic (exact) mass is 291 g/mol. The second-order valence-corrected chi connectivity index (χ2v) is 4.77. The smallest absolute Gasteiger partial charge is 0.223 e. The highest BCUT2D eigenvalue weighted by Crippen LogP contribution is 2.29. The molecule has 114 valence electrons. The molecule has 0 aliphatic heterocycles. The third-order valence-corrected chi connectivity index (χ3v) is 3.28. The predicted molar refractivity (Wildman–Crippen MR) is 78.7 cm³/mol. The van der Waals surface area contributed by atoms with Crippen LogP contribution < -0.4 is 14.8 Å². The lowest BCUT2D eigenvalue weighted by molar-refractivity contribution is 0.354. The number of benzene rings is 1. The fourth-order valence-corrected chi connectivity index (χ4v) is 2.08. The fourth-order valence-electron chi connectivity index (χ4n) is 2.08. The minimum atomic E-state index is 0.192. The maximum absolute atomic E-state index is 5.32. The Labute approximate surface area is 124 Å². The minimum absolute atomic E-state index is 0.192. The number of aromatic nitrogens is 2. The Bertz CT molecular complexity index is 583. The first-order valence-electron chi connectivity index (χ1n) is 6.88. The van der Waals surface area contributed by atoms with Crippen molar-refractivity contribution in [2.75, 3.05) is 20.8 Å². The number of nitrogens with zero attached hydrogens (tertiary/aromatic N) is 2. The molecular weight excluding hydrogens is 270 g/mol. The predicted octanol–water partition coefficient (Wildman–Crippen LogP) is 2.29. The zero-order valence-electron chi connectivity index (χ0n) is 12.8. The van der Waals surface area contributed by atoms with Gasteiger partial charge in [-0.15, -0.1) is 0 Å². The standard InChI is InChI=1S/C15H21N3O3/c1-10(16-8-7-15-17-11(2)21-18-15)12-5-6-13(19-3)14(9-12)20-4/h5-6,9-10,16H,7-8H2,1-4H3. The molecule has 0 spiro atoms. The van der Waals surface area contributed by atoms with Crippen LogP contribution in [0.4, 0.5) is 0 Å². The molecule has 0 amide bonds. The van der Waals surface area contributed by atoms with Gasteiger partial charge in [-0.2, -0.15) is 4.98 Å². The van der Waals surface area contributed by atoms with E-state index in [1.807, 2.05) is 18.2 Å². The maximum atomic E-state index is 5.32. The molecule has 6 nitrogen and oxygen atoms in total. The number of nitrogens with one attached hydrogen (secondary N) is 1. The van der Waals surface area contributed by atoms with Gasteiger partial charge in [0.15, 0.2) is 17.3 Å². The second kappa shape index (κ2) is 7.08. The lowest BCUT2D eigenvalue weighted by Gasteiger charge is -2.16. The normalized spacial score (nSPS) is 12.2. The molecule has 0 fully saturated rings. The van der Waals surface area contributed by atoms with Crippen molar-refractivity contribution in [2.24, 2.45) is 0 Å². The second-order valence-electron chi connectivity index (χ2n) is 4.77. The molecule has 1 atom stereocenters. The van der Waals surface area contributed by atoms with Gasteiger partial charge in [-0.1, -0.05) is 11.2 Å². The van der Waals surface area contributed by atoms with Crippen molar-refractivity contribution < 1.29 is 14.0 Å². The van der Waals surface area contributed by atoms with Crippen LogP contribution in [0.2, 0.25) is 0 Å². The molecule has 0 aliphatic rings. The van der Waals surface area contributed by atoms with Gasteiger partial charge in [0.1, 0.15) is 0 Å². The third-order valence-electron chi connectivity index (χ3n) is 3.28. The van der Waals surface area contributed by atoms with E-state index in [0.29, 0.717) is 5.89 Å². The summed E-state index contributed by atoms with van der Waals surface area (Å²) in [7, 11) is 3.27. The van der Waals surface area contributed by atoms with Crippen LogP contribution in [-0.2, 0) is 6.42 Å². The van der Waals surface area contributed by atoms with Gasteiger partial charge in [0, 0.05) is 25.9 Å². The molecule has 1 aromatic heterocycles. The number of hydrogen-bond acceptors (Lipinski definition) is 6. The van der Waals surface area contributed by atoms with Gasteiger partial charge < -0.3 is 19.3 Å². The molecule has 2 aromatic rings. The van der Waals surface area contributed by atoms with Crippen molar-refractivity contribution in [3.63, 3.8) is 0 Å². The van der Waals surface area contributed by atoms with E-state index in [1.54, 1.807) is 21.1 Å². The molecule has 0 bridgehead atoms. The Kier molecular flexibility index (Phi) is 5.16. The number of rotatable bonds is 7. The molecule has 0 aliphatic carbocycles. The molecule has 1 heterocycles. The van der Waals surface area contributed by atoms with Gasteiger partial charge in [-0.25, -0.2) is 0 Å². The van der Waals surface area contributed by atoms with Gasteiger partial charge in [0.05, 0.1) is 14.2 Å². The highest BCUT2D eigenvalue weighted by Gasteiger charge is 2.10. The van der Waals surface area contributed by atoms with E-state index in [4.69, 9.17) is 14.0 Å². The van der Waals surface area contributed by atoms with Gasteiger partial charge in [-0.05, 0) is 24.6 Å². The van der Waals surface area contributed by atoms with Crippen molar-refractivity contribution in [1.29, 1.82) is 0 Å². The summed E-state index contributed by atoms with van der Waals surface area (Å²) in [6.07, 6.45) is 0.731. The van der Waals surface area contributed by atoms with E-state index >= 15 is 0 Å². The Hall–Kier alpha value is -2.08. The Morgan fingerprint density at radius 1 is 1.24 bits per heavy atom.